The highest BCUT2D eigenvalue weighted by Crippen LogP contribution is 2.38. The smallest absolute Gasteiger partial charge is 0.325 e. The van der Waals surface area contributed by atoms with Crippen LogP contribution in [0.5, 0.6) is 0 Å². The summed E-state index contributed by atoms with van der Waals surface area (Å²) in [6.45, 7) is 2.37. The van der Waals surface area contributed by atoms with E-state index < -0.39 is 11.6 Å². The topological polar surface area (TPSA) is 82.9 Å². The van der Waals surface area contributed by atoms with E-state index in [4.69, 9.17) is 4.42 Å². The van der Waals surface area contributed by atoms with Crippen LogP contribution in [0.15, 0.2) is 53.1 Å². The standard InChI is InChI=1S/C23H27N3O4/c1-17-8-5-6-12-23(17)21(28)26(22(29)24-23)16-20(27)25(15-19-11-7-13-30-19)14-18-9-3-2-4-10-18/h2-4,7,9-11,13,17H,5-6,8,12,14-16H2,1H3,(H,24,29)/t17-,23-/m0/s1. The maximum absolute atomic E-state index is 13.2. The molecule has 2 aliphatic rings. The van der Waals surface area contributed by atoms with E-state index in [-0.39, 0.29) is 30.8 Å². The Morgan fingerprint density at radius 2 is 1.97 bits per heavy atom. The maximum Gasteiger partial charge on any atom is 0.325 e. The number of nitrogens with zero attached hydrogens (tertiary/aromatic N) is 2. The average Bonchev–Trinajstić information content (AvgIpc) is 3.33. The molecule has 4 amide bonds. The molecule has 2 aromatic rings. The van der Waals surface area contributed by atoms with Crippen LogP contribution in [0.1, 0.15) is 43.9 Å². The fourth-order valence-corrected chi connectivity index (χ4v) is 4.50. The van der Waals surface area contributed by atoms with Gasteiger partial charge in [0.25, 0.3) is 5.91 Å². The molecule has 1 aromatic heterocycles. The Labute approximate surface area is 176 Å². The van der Waals surface area contributed by atoms with Crippen molar-refractivity contribution in [1.82, 2.24) is 15.1 Å². The van der Waals surface area contributed by atoms with Crippen LogP contribution in [0.4, 0.5) is 4.79 Å². The quantitative estimate of drug-likeness (QED) is 0.742. The second-order valence-corrected chi connectivity index (χ2v) is 8.25. The lowest BCUT2D eigenvalue weighted by molar-refractivity contribution is -0.141. The monoisotopic (exact) mass is 409 g/mol. The highest BCUT2D eigenvalue weighted by Gasteiger charge is 2.55. The minimum Gasteiger partial charge on any atom is -0.467 e. The molecule has 1 aliphatic heterocycles. The highest BCUT2D eigenvalue weighted by molar-refractivity contribution is 6.09. The van der Waals surface area contributed by atoms with Crippen LogP contribution in [0.2, 0.25) is 0 Å². The summed E-state index contributed by atoms with van der Waals surface area (Å²) in [5, 5.41) is 2.91. The Balaban J connectivity index is 1.51. The molecule has 1 saturated heterocycles. The number of rotatable bonds is 6. The predicted molar refractivity (Wildman–Crippen MR) is 110 cm³/mol. The van der Waals surface area contributed by atoms with Crippen LogP contribution in [-0.2, 0) is 22.7 Å². The number of carbonyl (C=O) groups is 3. The second-order valence-electron chi connectivity index (χ2n) is 8.25. The van der Waals surface area contributed by atoms with Gasteiger partial charge in [-0.25, -0.2) is 4.79 Å². The zero-order valence-electron chi connectivity index (χ0n) is 17.2. The molecule has 1 aliphatic carbocycles. The average molecular weight is 409 g/mol. The number of carbonyl (C=O) groups excluding carboxylic acids is 3. The molecule has 7 heteroatoms. The summed E-state index contributed by atoms with van der Waals surface area (Å²) in [6, 6.07) is 12.7. The van der Waals surface area contributed by atoms with E-state index >= 15 is 0 Å². The first-order chi connectivity index (χ1) is 14.5. The maximum atomic E-state index is 13.2. The third-order valence-electron chi connectivity index (χ3n) is 6.29. The van der Waals surface area contributed by atoms with Gasteiger partial charge in [0.15, 0.2) is 0 Å². The summed E-state index contributed by atoms with van der Waals surface area (Å²) in [5.41, 5.74) is 0.105. The summed E-state index contributed by atoms with van der Waals surface area (Å²) < 4.78 is 5.41. The number of benzene rings is 1. The fraction of sp³-hybridized carbons (Fsp3) is 0.435. The zero-order valence-corrected chi connectivity index (χ0v) is 17.2. The van der Waals surface area contributed by atoms with Crippen LogP contribution in [0.25, 0.3) is 0 Å². The summed E-state index contributed by atoms with van der Waals surface area (Å²) in [4.78, 5) is 41.7. The number of furan rings is 1. The molecule has 0 radical (unpaired) electrons. The van der Waals surface area contributed by atoms with Crippen molar-refractivity contribution in [1.29, 1.82) is 0 Å². The van der Waals surface area contributed by atoms with E-state index in [2.05, 4.69) is 5.32 Å². The molecule has 2 heterocycles. The molecular formula is C23H27N3O4. The largest absolute Gasteiger partial charge is 0.467 e. The molecule has 1 aromatic carbocycles. The lowest BCUT2D eigenvalue weighted by Gasteiger charge is -2.36. The minimum absolute atomic E-state index is 0.0614. The van der Waals surface area contributed by atoms with Gasteiger partial charge in [-0.05, 0) is 36.5 Å². The van der Waals surface area contributed by atoms with Crippen molar-refractivity contribution in [3.05, 3.63) is 60.1 Å². The molecule has 2 atom stereocenters. The van der Waals surface area contributed by atoms with Crippen molar-refractivity contribution in [2.24, 2.45) is 5.92 Å². The van der Waals surface area contributed by atoms with Crippen molar-refractivity contribution in [2.75, 3.05) is 6.54 Å². The number of imide groups is 1. The first-order valence-electron chi connectivity index (χ1n) is 10.5. The van der Waals surface area contributed by atoms with Crippen LogP contribution >= 0.6 is 0 Å². The third kappa shape index (κ3) is 3.84. The summed E-state index contributed by atoms with van der Waals surface area (Å²) in [7, 11) is 0. The van der Waals surface area contributed by atoms with Gasteiger partial charge in [0.1, 0.15) is 17.8 Å². The van der Waals surface area contributed by atoms with Crippen LogP contribution in [-0.4, -0.2) is 39.7 Å². The Hall–Kier alpha value is -3.09. The van der Waals surface area contributed by atoms with Gasteiger partial charge in [0, 0.05) is 6.54 Å². The van der Waals surface area contributed by atoms with E-state index in [1.807, 2.05) is 37.3 Å². The molecule has 30 heavy (non-hydrogen) atoms. The Morgan fingerprint density at radius 3 is 2.67 bits per heavy atom. The highest BCUT2D eigenvalue weighted by atomic mass is 16.3. The van der Waals surface area contributed by atoms with Gasteiger partial charge in [0.2, 0.25) is 5.91 Å². The second kappa shape index (κ2) is 8.34. The van der Waals surface area contributed by atoms with E-state index in [0.29, 0.717) is 18.7 Å². The molecule has 1 saturated carbocycles. The SMILES string of the molecule is C[C@H]1CCCC[C@]12NC(=O)N(CC(=O)N(Cc1ccccc1)Cc1ccco1)C2=O. The van der Waals surface area contributed by atoms with Gasteiger partial charge in [0.05, 0.1) is 12.8 Å². The number of hydrogen-bond acceptors (Lipinski definition) is 4. The van der Waals surface area contributed by atoms with Crippen molar-refractivity contribution in [2.45, 2.75) is 51.2 Å². The van der Waals surface area contributed by atoms with E-state index in [9.17, 15) is 14.4 Å². The summed E-state index contributed by atoms with van der Waals surface area (Å²) in [6.07, 6.45) is 5.04. The Morgan fingerprint density at radius 1 is 1.17 bits per heavy atom. The predicted octanol–water partition coefficient (Wildman–Crippen LogP) is 3.31. The number of nitrogens with one attached hydrogen (secondary N) is 1. The van der Waals surface area contributed by atoms with Crippen LogP contribution in [0.3, 0.4) is 0 Å². The molecule has 1 spiro atoms. The zero-order chi connectivity index (χ0) is 21.1. The van der Waals surface area contributed by atoms with Gasteiger partial charge in [-0.1, -0.05) is 50.1 Å². The lowest BCUT2D eigenvalue weighted by atomic mass is 9.73. The molecule has 0 unspecified atom stereocenters. The number of hydrogen-bond donors (Lipinski definition) is 1. The minimum atomic E-state index is -0.860. The molecule has 0 bridgehead atoms. The van der Waals surface area contributed by atoms with Crippen molar-refractivity contribution in [3.8, 4) is 0 Å². The van der Waals surface area contributed by atoms with Gasteiger partial charge < -0.3 is 14.6 Å². The first-order valence-corrected chi connectivity index (χ1v) is 10.5. The van der Waals surface area contributed by atoms with Crippen molar-refractivity contribution >= 4 is 17.8 Å². The Kier molecular flexibility index (Phi) is 5.61. The van der Waals surface area contributed by atoms with E-state index in [1.54, 1.807) is 23.3 Å². The molecule has 158 valence electrons. The van der Waals surface area contributed by atoms with Gasteiger partial charge >= 0.3 is 6.03 Å². The first kappa shape index (κ1) is 20.2. The lowest BCUT2D eigenvalue weighted by Crippen LogP contribution is -2.54. The van der Waals surface area contributed by atoms with Gasteiger partial charge in [-0.2, -0.15) is 0 Å². The fourth-order valence-electron chi connectivity index (χ4n) is 4.50. The van der Waals surface area contributed by atoms with Crippen molar-refractivity contribution in [3.63, 3.8) is 0 Å². The summed E-state index contributed by atoms with van der Waals surface area (Å²) in [5.74, 6) is 0.144. The van der Waals surface area contributed by atoms with Gasteiger partial charge in [-0.15, -0.1) is 0 Å². The molecule has 7 nitrogen and oxygen atoms in total. The normalized spacial score (nSPS) is 23.6. The van der Waals surface area contributed by atoms with E-state index in [1.165, 1.54) is 0 Å². The van der Waals surface area contributed by atoms with Crippen LogP contribution in [0, 0.1) is 5.92 Å². The molecule has 1 N–H and O–H groups in total. The van der Waals surface area contributed by atoms with E-state index in [0.717, 1.165) is 29.7 Å². The molecule has 2 fully saturated rings. The van der Waals surface area contributed by atoms with Crippen molar-refractivity contribution < 1.29 is 18.8 Å². The molecular weight excluding hydrogens is 382 g/mol. The third-order valence-corrected chi connectivity index (χ3v) is 6.29. The van der Waals surface area contributed by atoms with Crippen LogP contribution < -0.4 is 5.32 Å². The summed E-state index contributed by atoms with van der Waals surface area (Å²) >= 11 is 0. The Bertz CT molecular complexity index is 912. The van der Waals surface area contributed by atoms with Gasteiger partial charge in [-0.3, -0.25) is 14.5 Å². The number of urea groups is 1. The number of amides is 4. The molecule has 4 rings (SSSR count).